The van der Waals surface area contributed by atoms with E-state index in [4.69, 9.17) is 11.5 Å². The van der Waals surface area contributed by atoms with Gasteiger partial charge in [0, 0.05) is 11.3 Å². The van der Waals surface area contributed by atoms with Gasteiger partial charge in [-0.25, -0.2) is 13.8 Å². The molecular formula is C11H11F4N3O. The largest absolute Gasteiger partial charge is 0.459 e. The van der Waals surface area contributed by atoms with Gasteiger partial charge in [0.05, 0.1) is 0 Å². The Labute approximate surface area is 106 Å². The van der Waals surface area contributed by atoms with E-state index in [1.54, 1.807) is 0 Å². The summed E-state index contributed by atoms with van der Waals surface area (Å²) in [6.07, 6.45) is 0. The molecule has 104 valence electrons. The maximum Gasteiger partial charge on any atom is 0.313 e. The Bertz CT molecular complexity index is 535. The minimum absolute atomic E-state index is 0.0142. The van der Waals surface area contributed by atoms with Crippen LogP contribution in [0.15, 0.2) is 23.2 Å². The highest BCUT2D eigenvalue weighted by atomic mass is 19.3. The highest BCUT2D eigenvalue weighted by Crippen LogP contribution is 2.45. The van der Waals surface area contributed by atoms with E-state index >= 15 is 0 Å². The van der Waals surface area contributed by atoms with Crippen molar-refractivity contribution in [1.82, 2.24) is 0 Å². The SMILES string of the molecule is NC1=N[C@](CF)(c2cc(N)ccc2F)C(F)(F)CO1. The molecule has 8 heteroatoms. The molecule has 0 radical (unpaired) electrons. The number of ether oxygens (including phenoxy) is 1. The molecule has 0 saturated heterocycles. The van der Waals surface area contributed by atoms with Gasteiger partial charge in [0.25, 0.3) is 6.02 Å². The molecule has 1 aliphatic heterocycles. The first-order valence-corrected chi connectivity index (χ1v) is 5.30. The van der Waals surface area contributed by atoms with Crippen molar-refractivity contribution in [2.24, 2.45) is 10.7 Å². The summed E-state index contributed by atoms with van der Waals surface area (Å²) in [5.41, 5.74) is 7.24. The Morgan fingerprint density at radius 2 is 2.00 bits per heavy atom. The molecule has 4 N–H and O–H groups in total. The molecule has 0 amide bonds. The summed E-state index contributed by atoms with van der Waals surface area (Å²) in [6.45, 7) is -2.81. The van der Waals surface area contributed by atoms with Gasteiger partial charge in [0.2, 0.25) is 0 Å². The lowest BCUT2D eigenvalue weighted by Crippen LogP contribution is -2.54. The summed E-state index contributed by atoms with van der Waals surface area (Å²) >= 11 is 0. The van der Waals surface area contributed by atoms with Crippen LogP contribution < -0.4 is 11.5 Å². The van der Waals surface area contributed by atoms with Gasteiger partial charge < -0.3 is 16.2 Å². The maximum atomic E-state index is 14.0. The van der Waals surface area contributed by atoms with Crippen LogP contribution in [0.3, 0.4) is 0 Å². The zero-order chi connectivity index (χ0) is 14.3. The highest BCUT2D eigenvalue weighted by Gasteiger charge is 2.60. The Hall–Kier alpha value is -1.99. The molecule has 4 nitrogen and oxygen atoms in total. The second-order valence-electron chi connectivity index (χ2n) is 4.18. The molecular weight excluding hydrogens is 266 g/mol. The number of nitrogens with two attached hydrogens (primary N) is 2. The third-order valence-corrected chi connectivity index (χ3v) is 2.94. The number of hydrogen-bond acceptors (Lipinski definition) is 4. The van der Waals surface area contributed by atoms with Crippen molar-refractivity contribution in [1.29, 1.82) is 0 Å². The van der Waals surface area contributed by atoms with Crippen LogP contribution in [0.1, 0.15) is 5.56 Å². The highest BCUT2D eigenvalue weighted by molar-refractivity contribution is 5.73. The zero-order valence-electron chi connectivity index (χ0n) is 9.67. The van der Waals surface area contributed by atoms with Crippen LogP contribution in [0.2, 0.25) is 0 Å². The third kappa shape index (κ3) is 1.96. The monoisotopic (exact) mass is 277 g/mol. The molecule has 2 rings (SSSR count). The van der Waals surface area contributed by atoms with Crippen LogP contribution in [0.5, 0.6) is 0 Å². The van der Waals surface area contributed by atoms with Gasteiger partial charge in [0.1, 0.15) is 12.5 Å². The Balaban J connectivity index is 2.70. The van der Waals surface area contributed by atoms with E-state index in [9.17, 15) is 17.6 Å². The van der Waals surface area contributed by atoms with E-state index in [0.717, 1.165) is 12.1 Å². The molecule has 0 saturated carbocycles. The lowest BCUT2D eigenvalue weighted by atomic mass is 9.84. The number of rotatable bonds is 2. The Morgan fingerprint density at radius 3 is 2.63 bits per heavy atom. The van der Waals surface area contributed by atoms with Crippen LogP contribution in [-0.4, -0.2) is 25.2 Å². The van der Waals surface area contributed by atoms with E-state index in [1.165, 1.54) is 6.07 Å². The van der Waals surface area contributed by atoms with E-state index in [2.05, 4.69) is 9.73 Å². The fourth-order valence-corrected chi connectivity index (χ4v) is 1.90. The molecule has 0 fully saturated rings. The Morgan fingerprint density at radius 1 is 1.32 bits per heavy atom. The molecule has 1 aromatic carbocycles. The van der Waals surface area contributed by atoms with Crippen molar-refractivity contribution in [2.45, 2.75) is 11.5 Å². The molecule has 0 aliphatic carbocycles. The third-order valence-electron chi connectivity index (χ3n) is 2.94. The number of aliphatic imine (C=N–C) groups is 1. The van der Waals surface area contributed by atoms with Gasteiger partial charge in [-0.1, -0.05) is 0 Å². The predicted octanol–water partition coefficient (Wildman–Crippen LogP) is 1.55. The second-order valence-corrected chi connectivity index (χ2v) is 4.18. The van der Waals surface area contributed by atoms with Crippen LogP contribution in [0, 0.1) is 5.82 Å². The molecule has 0 aromatic heterocycles. The first-order valence-electron chi connectivity index (χ1n) is 5.30. The zero-order valence-corrected chi connectivity index (χ0v) is 9.67. The van der Waals surface area contributed by atoms with Crippen molar-refractivity contribution in [3.63, 3.8) is 0 Å². The summed E-state index contributed by atoms with van der Waals surface area (Å²) in [6, 6.07) is 2.35. The molecule has 1 heterocycles. The lowest BCUT2D eigenvalue weighted by Gasteiger charge is -2.38. The maximum absolute atomic E-state index is 14.0. The molecule has 19 heavy (non-hydrogen) atoms. The molecule has 0 bridgehead atoms. The average Bonchev–Trinajstić information content (AvgIpc) is 2.35. The molecule has 0 unspecified atom stereocenters. The van der Waals surface area contributed by atoms with E-state index in [1.807, 2.05) is 0 Å². The van der Waals surface area contributed by atoms with E-state index in [-0.39, 0.29) is 5.69 Å². The van der Waals surface area contributed by atoms with E-state index in [0.29, 0.717) is 0 Å². The van der Waals surface area contributed by atoms with Crippen LogP contribution in [-0.2, 0) is 10.3 Å². The molecule has 1 atom stereocenters. The van der Waals surface area contributed by atoms with Crippen molar-refractivity contribution in [3.05, 3.63) is 29.6 Å². The lowest BCUT2D eigenvalue weighted by molar-refractivity contribution is -0.129. The quantitative estimate of drug-likeness (QED) is 0.636. The van der Waals surface area contributed by atoms with Crippen LogP contribution in [0.25, 0.3) is 0 Å². The van der Waals surface area contributed by atoms with Crippen LogP contribution in [0.4, 0.5) is 23.2 Å². The van der Waals surface area contributed by atoms with Gasteiger partial charge in [-0.05, 0) is 18.2 Å². The minimum atomic E-state index is -3.75. The van der Waals surface area contributed by atoms with Gasteiger partial charge in [0.15, 0.2) is 12.1 Å². The average molecular weight is 277 g/mol. The second kappa shape index (κ2) is 4.29. The molecule has 1 aliphatic rings. The fraction of sp³-hybridized carbons (Fsp3) is 0.364. The number of amidine groups is 1. The minimum Gasteiger partial charge on any atom is -0.459 e. The summed E-state index contributed by atoms with van der Waals surface area (Å²) in [5.74, 6) is -4.79. The Kier molecular flexibility index (Phi) is 3.03. The van der Waals surface area contributed by atoms with E-state index < -0.39 is 42.1 Å². The van der Waals surface area contributed by atoms with Crippen molar-refractivity contribution < 1.29 is 22.3 Å². The molecule has 0 spiro atoms. The van der Waals surface area contributed by atoms with Crippen molar-refractivity contribution in [2.75, 3.05) is 19.0 Å². The topological polar surface area (TPSA) is 73.6 Å². The normalized spacial score (nSPS) is 25.6. The standard InChI is InChI=1S/C11H11F4N3O/c12-4-10(7-3-6(16)1-2-8(7)13)11(14,15)5-19-9(17)18-10/h1-3H,4-5,16H2,(H2,17,18)/t10-/m1/s1. The van der Waals surface area contributed by atoms with Gasteiger partial charge in [-0.15, -0.1) is 0 Å². The first kappa shape index (κ1) is 13.4. The number of alkyl halides is 3. The van der Waals surface area contributed by atoms with Crippen molar-refractivity contribution in [3.8, 4) is 0 Å². The summed E-state index contributed by atoms with van der Waals surface area (Å²) in [4.78, 5) is 3.31. The summed E-state index contributed by atoms with van der Waals surface area (Å²) < 4.78 is 59.4. The van der Waals surface area contributed by atoms with Crippen LogP contribution >= 0.6 is 0 Å². The summed E-state index contributed by atoms with van der Waals surface area (Å²) in [5, 5.41) is 0. The van der Waals surface area contributed by atoms with Gasteiger partial charge in [-0.2, -0.15) is 8.78 Å². The predicted molar refractivity (Wildman–Crippen MR) is 61.0 cm³/mol. The number of nitrogen functional groups attached to an aromatic ring is 1. The fourth-order valence-electron chi connectivity index (χ4n) is 1.90. The molecule has 1 aromatic rings. The number of hydrogen-bond donors (Lipinski definition) is 2. The number of benzene rings is 1. The number of halogens is 4. The number of anilines is 1. The number of nitrogens with zero attached hydrogens (tertiary/aromatic N) is 1. The summed E-state index contributed by atoms with van der Waals surface area (Å²) in [7, 11) is 0. The van der Waals surface area contributed by atoms with Crippen molar-refractivity contribution >= 4 is 11.7 Å². The first-order chi connectivity index (χ1) is 8.82. The smallest absolute Gasteiger partial charge is 0.313 e. The van der Waals surface area contributed by atoms with Gasteiger partial charge >= 0.3 is 5.92 Å². The van der Waals surface area contributed by atoms with Gasteiger partial charge in [-0.3, -0.25) is 0 Å².